The Hall–Kier alpha value is -3.51. The van der Waals surface area contributed by atoms with Crippen LogP contribution in [0.25, 0.3) is 0 Å². The predicted molar refractivity (Wildman–Crippen MR) is 127 cm³/mol. The van der Waals surface area contributed by atoms with Gasteiger partial charge in [-0.1, -0.05) is 86.4 Å². The molecule has 0 aliphatic heterocycles. The van der Waals surface area contributed by atoms with Gasteiger partial charge in [0.05, 0.1) is 0 Å². The van der Waals surface area contributed by atoms with E-state index in [1.807, 2.05) is 65.6 Å². The lowest BCUT2D eigenvalue weighted by Crippen LogP contribution is -2.43. The van der Waals surface area contributed by atoms with Crippen molar-refractivity contribution in [3.8, 4) is 11.8 Å². The minimum atomic E-state index is -0.0293. The monoisotopic (exact) mass is 410 g/mol. The Morgan fingerprint density at radius 1 is 0.774 bits per heavy atom. The number of hydrogen-bond acceptors (Lipinski definition) is 1. The van der Waals surface area contributed by atoms with E-state index < -0.39 is 0 Å². The van der Waals surface area contributed by atoms with Crippen molar-refractivity contribution in [2.45, 2.75) is 45.8 Å². The van der Waals surface area contributed by atoms with Crippen molar-refractivity contribution in [2.24, 2.45) is 0 Å². The average molecular weight is 411 g/mol. The van der Waals surface area contributed by atoms with Gasteiger partial charge in [-0.2, -0.15) is 0 Å². The highest BCUT2D eigenvalue weighted by atomic mass is 16.2. The molecule has 3 aromatic carbocycles. The van der Waals surface area contributed by atoms with Crippen molar-refractivity contribution in [3.05, 3.63) is 107 Å². The van der Waals surface area contributed by atoms with E-state index in [0.717, 1.165) is 35.1 Å². The largest absolute Gasteiger partial charge is 0.335 e. The van der Waals surface area contributed by atoms with Crippen LogP contribution in [0.3, 0.4) is 0 Å². The van der Waals surface area contributed by atoms with Gasteiger partial charge in [0.25, 0.3) is 0 Å². The molecule has 31 heavy (non-hydrogen) atoms. The highest BCUT2D eigenvalue weighted by Crippen LogP contribution is 2.13. The molecule has 1 N–H and O–H groups in total. The molecular weight excluding hydrogens is 380 g/mol. The van der Waals surface area contributed by atoms with Crippen molar-refractivity contribution in [1.82, 2.24) is 10.2 Å². The van der Waals surface area contributed by atoms with Crippen LogP contribution in [0.15, 0.2) is 84.9 Å². The molecule has 158 valence electrons. The fourth-order valence-electron chi connectivity index (χ4n) is 3.40. The number of urea groups is 1. The fraction of sp³-hybridized carbons (Fsp3) is 0.250. The Kier molecular flexibility index (Phi) is 8.31. The summed E-state index contributed by atoms with van der Waals surface area (Å²) in [5.74, 6) is 6.44. The summed E-state index contributed by atoms with van der Waals surface area (Å²) in [6.07, 6.45) is 1.85. The fourth-order valence-corrected chi connectivity index (χ4v) is 3.40. The van der Waals surface area contributed by atoms with E-state index in [1.165, 1.54) is 0 Å². The number of nitrogens with one attached hydrogen (secondary N) is 1. The predicted octanol–water partition coefficient (Wildman–Crippen LogP) is 5.99. The molecule has 0 radical (unpaired) electrons. The molecule has 0 heterocycles. The smallest absolute Gasteiger partial charge is 0.318 e. The number of carbonyl (C=O) groups is 1. The molecule has 0 unspecified atom stereocenters. The highest BCUT2D eigenvalue weighted by molar-refractivity contribution is 5.74. The molecule has 0 aliphatic rings. The van der Waals surface area contributed by atoms with Crippen molar-refractivity contribution >= 4 is 6.03 Å². The molecule has 0 saturated heterocycles. The lowest BCUT2D eigenvalue weighted by Gasteiger charge is -2.26. The van der Waals surface area contributed by atoms with Crippen molar-refractivity contribution in [3.63, 3.8) is 0 Å². The molecule has 0 saturated carbocycles. The van der Waals surface area contributed by atoms with Crippen LogP contribution in [-0.4, -0.2) is 17.0 Å². The van der Waals surface area contributed by atoms with E-state index in [9.17, 15) is 4.79 Å². The Morgan fingerprint density at radius 2 is 1.32 bits per heavy atom. The zero-order chi connectivity index (χ0) is 21.9. The maximum Gasteiger partial charge on any atom is 0.318 e. The second-order valence-corrected chi connectivity index (χ2v) is 7.62. The van der Waals surface area contributed by atoms with Crippen LogP contribution in [-0.2, 0) is 13.1 Å². The van der Waals surface area contributed by atoms with Crippen LogP contribution in [0.2, 0.25) is 0 Å². The maximum absolute atomic E-state index is 13.1. The quantitative estimate of drug-likeness (QED) is 0.477. The van der Waals surface area contributed by atoms with E-state index in [-0.39, 0.29) is 12.1 Å². The van der Waals surface area contributed by atoms with E-state index in [1.54, 1.807) is 0 Å². The number of nitrogens with zero attached hydrogens (tertiary/aromatic N) is 1. The first kappa shape index (κ1) is 22.2. The molecule has 3 rings (SSSR count). The number of rotatable bonds is 7. The van der Waals surface area contributed by atoms with Gasteiger partial charge in [-0.3, -0.25) is 0 Å². The van der Waals surface area contributed by atoms with Crippen LogP contribution in [0, 0.1) is 11.8 Å². The summed E-state index contributed by atoms with van der Waals surface area (Å²) in [5.41, 5.74) is 4.11. The normalized spacial score (nSPS) is 10.3. The zero-order valence-corrected chi connectivity index (χ0v) is 18.3. The van der Waals surface area contributed by atoms with Crippen molar-refractivity contribution < 1.29 is 4.79 Å². The Bertz CT molecular complexity index is 1010. The summed E-state index contributed by atoms with van der Waals surface area (Å²) in [7, 11) is 0. The number of amides is 2. The van der Waals surface area contributed by atoms with Gasteiger partial charge in [0.15, 0.2) is 0 Å². The van der Waals surface area contributed by atoms with E-state index >= 15 is 0 Å². The third-order valence-corrected chi connectivity index (χ3v) is 5.24. The SMILES string of the molecule is CCC(CC)NC(=O)N(Cc1ccccc1)Cc1cccc(C#Cc2ccccc2)c1. The molecule has 0 aromatic heterocycles. The topological polar surface area (TPSA) is 32.3 Å². The Labute approximate surface area is 186 Å². The van der Waals surface area contributed by atoms with Gasteiger partial charge >= 0.3 is 6.03 Å². The summed E-state index contributed by atoms with van der Waals surface area (Å²) in [4.78, 5) is 14.9. The number of hydrogen-bond donors (Lipinski definition) is 1. The molecule has 0 spiro atoms. The molecule has 0 fully saturated rings. The van der Waals surface area contributed by atoms with Gasteiger partial charge in [-0.15, -0.1) is 0 Å². The summed E-state index contributed by atoms with van der Waals surface area (Å²) in [6, 6.07) is 28.4. The number of carbonyl (C=O) groups excluding carboxylic acids is 1. The molecule has 3 nitrogen and oxygen atoms in total. The lowest BCUT2D eigenvalue weighted by molar-refractivity contribution is 0.187. The molecule has 3 heteroatoms. The van der Waals surface area contributed by atoms with Gasteiger partial charge in [-0.05, 0) is 48.2 Å². The summed E-state index contributed by atoms with van der Waals surface area (Å²) in [6.45, 7) is 5.30. The van der Waals surface area contributed by atoms with Crippen molar-refractivity contribution in [2.75, 3.05) is 0 Å². The number of benzene rings is 3. The molecule has 0 bridgehead atoms. The van der Waals surface area contributed by atoms with Crippen LogP contribution >= 0.6 is 0 Å². The average Bonchev–Trinajstić information content (AvgIpc) is 2.82. The van der Waals surface area contributed by atoms with Gasteiger partial charge in [0.2, 0.25) is 0 Å². The summed E-state index contributed by atoms with van der Waals surface area (Å²) >= 11 is 0. The first-order valence-corrected chi connectivity index (χ1v) is 10.9. The van der Waals surface area contributed by atoms with Crippen LogP contribution < -0.4 is 5.32 Å². The highest BCUT2D eigenvalue weighted by Gasteiger charge is 2.17. The standard InChI is InChI=1S/C28H30N2O/c1-3-27(4-2)29-28(31)30(21-25-14-9-6-10-15-25)22-26-17-11-16-24(20-26)19-18-23-12-7-5-8-13-23/h5-17,20,27H,3-4,21-22H2,1-2H3,(H,29,31). The Balaban J connectivity index is 1.78. The second-order valence-electron chi connectivity index (χ2n) is 7.62. The van der Waals surface area contributed by atoms with Crippen molar-refractivity contribution in [1.29, 1.82) is 0 Å². The molecular formula is C28H30N2O. The van der Waals surface area contributed by atoms with E-state index in [4.69, 9.17) is 0 Å². The zero-order valence-electron chi connectivity index (χ0n) is 18.3. The summed E-state index contributed by atoms with van der Waals surface area (Å²) < 4.78 is 0. The lowest BCUT2D eigenvalue weighted by atomic mass is 10.1. The second kappa shape index (κ2) is 11.6. The van der Waals surface area contributed by atoms with Crippen LogP contribution in [0.5, 0.6) is 0 Å². The molecule has 3 aromatic rings. The molecule has 0 atom stereocenters. The van der Waals surface area contributed by atoms with E-state index in [0.29, 0.717) is 13.1 Å². The third kappa shape index (κ3) is 7.04. The van der Waals surface area contributed by atoms with Crippen LogP contribution in [0.1, 0.15) is 48.9 Å². The summed E-state index contributed by atoms with van der Waals surface area (Å²) in [5, 5.41) is 3.18. The molecule has 0 aliphatic carbocycles. The van der Waals surface area contributed by atoms with Gasteiger partial charge < -0.3 is 10.2 Å². The van der Waals surface area contributed by atoms with Gasteiger partial charge in [-0.25, -0.2) is 4.79 Å². The Morgan fingerprint density at radius 3 is 2.00 bits per heavy atom. The van der Waals surface area contributed by atoms with Gasteiger partial charge in [0.1, 0.15) is 0 Å². The minimum Gasteiger partial charge on any atom is -0.335 e. The third-order valence-electron chi connectivity index (χ3n) is 5.24. The molecule has 2 amide bonds. The van der Waals surface area contributed by atoms with Crippen LogP contribution in [0.4, 0.5) is 4.79 Å². The van der Waals surface area contributed by atoms with Gasteiger partial charge in [0, 0.05) is 30.3 Å². The van der Waals surface area contributed by atoms with E-state index in [2.05, 4.69) is 55.3 Å². The minimum absolute atomic E-state index is 0.0293. The first-order chi connectivity index (χ1) is 15.2. The first-order valence-electron chi connectivity index (χ1n) is 10.9. The maximum atomic E-state index is 13.1.